The van der Waals surface area contributed by atoms with Gasteiger partial charge in [0.1, 0.15) is 11.5 Å². The lowest BCUT2D eigenvalue weighted by Crippen LogP contribution is -2.31. The fourth-order valence-corrected chi connectivity index (χ4v) is 1.97. The number of furan rings is 1. The smallest absolute Gasteiger partial charge is 0.337 e. The zero-order valence-electron chi connectivity index (χ0n) is 12.2. The number of carbonyl (C=O) groups is 2. The molecule has 0 atom stereocenters. The molecule has 7 nitrogen and oxygen atoms in total. The van der Waals surface area contributed by atoms with Crippen LogP contribution in [0.5, 0.6) is 0 Å². The van der Waals surface area contributed by atoms with Crippen LogP contribution in [0.15, 0.2) is 39.9 Å². The summed E-state index contributed by atoms with van der Waals surface area (Å²) in [6.07, 6.45) is 1.34. The second-order valence-corrected chi connectivity index (χ2v) is 4.84. The summed E-state index contributed by atoms with van der Waals surface area (Å²) in [7, 11) is 0. The molecule has 0 saturated carbocycles. The van der Waals surface area contributed by atoms with E-state index in [1.165, 1.54) is 18.3 Å². The van der Waals surface area contributed by atoms with Gasteiger partial charge in [-0.3, -0.25) is 0 Å². The van der Waals surface area contributed by atoms with Crippen LogP contribution in [0.4, 0.5) is 4.79 Å². The molecule has 0 spiro atoms. The summed E-state index contributed by atoms with van der Waals surface area (Å²) in [5, 5.41) is 15.5. The molecular weight excluding hydrogens is 322 g/mol. The van der Waals surface area contributed by atoms with E-state index in [0.717, 1.165) is 0 Å². The lowest BCUT2D eigenvalue weighted by atomic mass is 10.1. The third kappa shape index (κ3) is 4.33. The summed E-state index contributed by atoms with van der Waals surface area (Å²) in [5.74, 6) is -0.247. The molecule has 8 heteroatoms. The van der Waals surface area contributed by atoms with Gasteiger partial charge in [-0.25, -0.2) is 15.0 Å². The summed E-state index contributed by atoms with van der Waals surface area (Å²) in [6, 6.07) is 7.47. The second-order valence-electron chi connectivity index (χ2n) is 4.43. The van der Waals surface area contributed by atoms with Crippen LogP contribution in [0, 0.1) is 0 Å². The first-order valence-corrected chi connectivity index (χ1v) is 7.09. The fourth-order valence-electron chi connectivity index (χ4n) is 1.77. The zero-order chi connectivity index (χ0) is 16.8. The van der Waals surface area contributed by atoms with E-state index in [-0.39, 0.29) is 10.6 Å². The van der Waals surface area contributed by atoms with E-state index in [2.05, 4.69) is 15.8 Å². The van der Waals surface area contributed by atoms with Crippen LogP contribution in [0.3, 0.4) is 0 Å². The summed E-state index contributed by atoms with van der Waals surface area (Å²) in [4.78, 5) is 22.2. The first-order valence-electron chi connectivity index (χ1n) is 6.71. The Kier molecular flexibility index (Phi) is 5.37. The van der Waals surface area contributed by atoms with Gasteiger partial charge in [0.05, 0.1) is 16.8 Å². The molecule has 0 fully saturated rings. The van der Waals surface area contributed by atoms with E-state index in [1.54, 1.807) is 25.1 Å². The maximum atomic E-state index is 11.2. The third-order valence-electron chi connectivity index (χ3n) is 2.80. The average Bonchev–Trinajstić information content (AvgIpc) is 2.96. The number of nitrogens with zero attached hydrogens (tertiary/aromatic N) is 1. The highest BCUT2D eigenvalue weighted by Crippen LogP contribution is 2.26. The van der Waals surface area contributed by atoms with Crippen LogP contribution in [0.2, 0.25) is 5.02 Å². The van der Waals surface area contributed by atoms with E-state index >= 15 is 0 Å². The molecule has 0 bridgehead atoms. The number of aromatic carboxylic acids is 1. The number of halogens is 1. The van der Waals surface area contributed by atoms with Gasteiger partial charge in [0, 0.05) is 12.1 Å². The Hall–Kier alpha value is -2.80. The van der Waals surface area contributed by atoms with E-state index in [4.69, 9.17) is 21.1 Å². The minimum atomic E-state index is -1.11. The van der Waals surface area contributed by atoms with Crippen LogP contribution in [-0.4, -0.2) is 29.9 Å². The Bertz CT molecular complexity index is 755. The fraction of sp³-hybridized carbons (Fsp3) is 0.133. The molecule has 120 valence electrons. The van der Waals surface area contributed by atoms with Gasteiger partial charge in [0.2, 0.25) is 0 Å². The maximum Gasteiger partial charge on any atom is 0.337 e. The quantitative estimate of drug-likeness (QED) is 0.577. The minimum absolute atomic E-state index is 0.00585. The molecule has 2 amide bonds. The first-order chi connectivity index (χ1) is 11.0. The van der Waals surface area contributed by atoms with Crippen LogP contribution in [0.25, 0.3) is 11.3 Å². The number of hydrogen-bond donors (Lipinski definition) is 3. The van der Waals surface area contributed by atoms with Crippen molar-refractivity contribution in [1.29, 1.82) is 0 Å². The number of benzene rings is 1. The van der Waals surface area contributed by atoms with Gasteiger partial charge in [-0.05, 0) is 37.3 Å². The van der Waals surface area contributed by atoms with Crippen molar-refractivity contribution in [2.24, 2.45) is 5.10 Å². The molecule has 0 saturated heterocycles. The number of rotatable bonds is 5. The molecule has 0 unspecified atom stereocenters. The molecule has 1 aromatic carbocycles. The summed E-state index contributed by atoms with van der Waals surface area (Å²) < 4.78 is 5.53. The van der Waals surface area contributed by atoms with Crippen molar-refractivity contribution in [3.8, 4) is 11.3 Å². The second kappa shape index (κ2) is 7.46. The summed E-state index contributed by atoms with van der Waals surface area (Å²) in [5.41, 5.74) is 2.84. The van der Waals surface area contributed by atoms with Crippen molar-refractivity contribution in [3.63, 3.8) is 0 Å². The predicted octanol–water partition coefficient (Wildman–Crippen LogP) is 2.95. The van der Waals surface area contributed by atoms with Gasteiger partial charge in [-0.1, -0.05) is 11.6 Å². The molecule has 0 aliphatic heterocycles. The molecule has 2 aromatic rings. The molecule has 0 radical (unpaired) electrons. The van der Waals surface area contributed by atoms with Crippen LogP contribution in [0.1, 0.15) is 23.0 Å². The summed E-state index contributed by atoms with van der Waals surface area (Å²) in [6.45, 7) is 2.29. The van der Waals surface area contributed by atoms with Gasteiger partial charge < -0.3 is 14.8 Å². The van der Waals surface area contributed by atoms with Gasteiger partial charge in [-0.2, -0.15) is 5.10 Å². The third-order valence-corrected chi connectivity index (χ3v) is 3.13. The Morgan fingerprint density at radius 1 is 1.35 bits per heavy atom. The van der Waals surface area contributed by atoms with Gasteiger partial charge >= 0.3 is 12.0 Å². The van der Waals surface area contributed by atoms with Crippen molar-refractivity contribution in [3.05, 3.63) is 46.7 Å². The van der Waals surface area contributed by atoms with Crippen molar-refractivity contribution in [1.82, 2.24) is 10.7 Å². The Morgan fingerprint density at radius 3 is 2.83 bits per heavy atom. The number of amides is 2. The van der Waals surface area contributed by atoms with Gasteiger partial charge in [-0.15, -0.1) is 0 Å². The van der Waals surface area contributed by atoms with Crippen molar-refractivity contribution < 1.29 is 19.1 Å². The number of hydrogen-bond acceptors (Lipinski definition) is 4. The van der Waals surface area contributed by atoms with E-state index in [9.17, 15) is 9.59 Å². The number of urea groups is 1. The molecule has 3 N–H and O–H groups in total. The number of carbonyl (C=O) groups excluding carboxylic acids is 1. The molecule has 23 heavy (non-hydrogen) atoms. The minimum Gasteiger partial charge on any atom is -0.478 e. The molecule has 1 heterocycles. The molecule has 1 aromatic heterocycles. The highest BCUT2D eigenvalue weighted by atomic mass is 35.5. The highest BCUT2D eigenvalue weighted by Gasteiger charge is 2.12. The highest BCUT2D eigenvalue weighted by molar-refractivity contribution is 6.33. The van der Waals surface area contributed by atoms with Gasteiger partial charge in [0.25, 0.3) is 0 Å². The predicted molar refractivity (Wildman–Crippen MR) is 85.9 cm³/mol. The first kappa shape index (κ1) is 16.6. The molecule has 0 aliphatic rings. The Morgan fingerprint density at radius 2 is 2.13 bits per heavy atom. The van der Waals surface area contributed by atoms with E-state index in [0.29, 0.717) is 23.6 Å². The van der Waals surface area contributed by atoms with Crippen molar-refractivity contribution in [2.75, 3.05) is 6.54 Å². The molecule has 0 aliphatic carbocycles. The topological polar surface area (TPSA) is 104 Å². The normalized spacial score (nSPS) is 10.7. The molecule has 2 rings (SSSR count). The number of hydrazone groups is 1. The Balaban J connectivity index is 2.13. The number of carboxylic acids is 1. The summed E-state index contributed by atoms with van der Waals surface area (Å²) >= 11 is 5.83. The zero-order valence-corrected chi connectivity index (χ0v) is 12.9. The Labute approximate surface area is 136 Å². The van der Waals surface area contributed by atoms with E-state index < -0.39 is 12.0 Å². The van der Waals surface area contributed by atoms with E-state index in [1.807, 2.05) is 0 Å². The lowest BCUT2D eigenvalue weighted by Gasteiger charge is -2.02. The van der Waals surface area contributed by atoms with Crippen LogP contribution >= 0.6 is 11.6 Å². The maximum absolute atomic E-state index is 11.2. The largest absolute Gasteiger partial charge is 0.478 e. The van der Waals surface area contributed by atoms with Crippen molar-refractivity contribution >= 4 is 29.8 Å². The lowest BCUT2D eigenvalue weighted by molar-refractivity contribution is 0.0697. The number of nitrogens with one attached hydrogen (secondary N) is 2. The number of carboxylic acid groups (broad SMARTS) is 1. The van der Waals surface area contributed by atoms with Crippen molar-refractivity contribution in [2.45, 2.75) is 6.92 Å². The average molecular weight is 336 g/mol. The molecular formula is C15H14ClN3O4. The van der Waals surface area contributed by atoms with Crippen LogP contribution < -0.4 is 10.7 Å². The van der Waals surface area contributed by atoms with Gasteiger partial charge in [0.15, 0.2) is 0 Å². The van der Waals surface area contributed by atoms with Crippen LogP contribution in [-0.2, 0) is 0 Å². The SMILES string of the molecule is CCNC(=O)NN=Cc1ccc(-c2ccc(Cl)c(C(=O)O)c2)o1. The monoisotopic (exact) mass is 335 g/mol. The standard InChI is InChI=1S/C15H14ClN3O4/c1-2-17-15(22)19-18-8-10-4-6-13(23-10)9-3-5-12(16)11(7-9)14(20)21/h3-8H,2H2,1H3,(H,20,21)(H2,17,19,22).